The number of carbonyl (C=O) groups excluding carboxylic acids is 2. The van der Waals surface area contributed by atoms with Gasteiger partial charge < -0.3 is 24.5 Å². The van der Waals surface area contributed by atoms with E-state index >= 15 is 0 Å². The lowest BCUT2D eigenvalue weighted by Crippen LogP contribution is -2.42. The van der Waals surface area contributed by atoms with Crippen LogP contribution in [0.4, 0.5) is 10.5 Å². The van der Waals surface area contributed by atoms with Gasteiger partial charge in [0.1, 0.15) is 18.0 Å². The molecule has 2 aliphatic heterocycles. The molecule has 2 N–H and O–H groups in total. The second-order valence-electron chi connectivity index (χ2n) is 9.90. The summed E-state index contributed by atoms with van der Waals surface area (Å²) < 4.78 is 11.2. The fraction of sp³-hybridized carbons (Fsp3) is 0.333. The van der Waals surface area contributed by atoms with Crippen LogP contribution in [0.5, 0.6) is 5.75 Å². The number of hydrogen-bond acceptors (Lipinski definition) is 7. The van der Waals surface area contributed by atoms with Crippen molar-refractivity contribution >= 4 is 17.7 Å². The minimum absolute atomic E-state index is 0.202. The van der Waals surface area contributed by atoms with Crippen LogP contribution in [0, 0.1) is 0 Å². The lowest BCUT2D eigenvalue weighted by molar-refractivity contribution is -0.114. The predicted molar refractivity (Wildman–Crippen MR) is 137 cm³/mol. The molecule has 10 nitrogen and oxygen atoms in total. The highest BCUT2D eigenvalue weighted by molar-refractivity contribution is 6.02. The number of nitrogens with one attached hydrogen (secondary N) is 1. The van der Waals surface area contributed by atoms with E-state index in [-0.39, 0.29) is 5.91 Å². The standard InChI is InChI=1S/C27H29N5O5/c1-5-23(33)31-12-13-36-22-7-6-16(14-21(22)31)24-28-10-8-19(30-24)20-15-17-18(29-20)9-11-32(25(17)34)26(35)37-27(2,3)4/h5-8,10,14-15,25,29,34H,1,9,11-13H2,2-4H3. The van der Waals surface area contributed by atoms with E-state index in [0.717, 1.165) is 11.3 Å². The highest BCUT2D eigenvalue weighted by Gasteiger charge is 2.34. The molecule has 192 valence electrons. The SMILES string of the molecule is C=CC(=O)N1CCOc2ccc(-c3nccc(-c4cc5c([nH]4)CCN(C(=O)OC(C)(C)C)C5O)n3)cc21. The number of H-pyrrole nitrogens is 1. The number of benzene rings is 1. The van der Waals surface area contributed by atoms with Crippen LogP contribution < -0.4 is 9.64 Å². The molecule has 5 rings (SSSR count). The number of fused-ring (bicyclic) bond motifs is 2. The van der Waals surface area contributed by atoms with E-state index in [9.17, 15) is 14.7 Å². The Hall–Kier alpha value is -4.18. The maximum absolute atomic E-state index is 12.6. The summed E-state index contributed by atoms with van der Waals surface area (Å²) in [6.07, 6.45) is 1.80. The zero-order valence-corrected chi connectivity index (χ0v) is 21.0. The number of amides is 2. The minimum atomic E-state index is -1.13. The number of aromatic nitrogens is 3. The zero-order chi connectivity index (χ0) is 26.3. The topological polar surface area (TPSA) is 121 Å². The van der Waals surface area contributed by atoms with Crippen molar-refractivity contribution < 1.29 is 24.2 Å². The van der Waals surface area contributed by atoms with Crippen molar-refractivity contribution in [3.63, 3.8) is 0 Å². The molecule has 2 amide bonds. The molecule has 10 heteroatoms. The van der Waals surface area contributed by atoms with Gasteiger partial charge in [-0.25, -0.2) is 14.8 Å². The molecule has 1 atom stereocenters. The summed E-state index contributed by atoms with van der Waals surface area (Å²) >= 11 is 0. The molecule has 3 aromatic rings. The van der Waals surface area contributed by atoms with Gasteiger partial charge in [-0.3, -0.25) is 9.69 Å². The van der Waals surface area contributed by atoms with E-state index in [2.05, 4.69) is 16.5 Å². The third-order valence-electron chi connectivity index (χ3n) is 6.19. The van der Waals surface area contributed by atoms with Crippen LogP contribution in [0.2, 0.25) is 0 Å². The molecule has 0 bridgehead atoms. The number of aromatic amines is 1. The number of aliphatic hydroxyl groups excluding tert-OH is 1. The maximum atomic E-state index is 12.6. The molecule has 0 spiro atoms. The predicted octanol–water partition coefficient (Wildman–Crippen LogP) is 3.83. The first-order chi connectivity index (χ1) is 17.6. The summed E-state index contributed by atoms with van der Waals surface area (Å²) in [5, 5.41) is 10.9. The van der Waals surface area contributed by atoms with Crippen LogP contribution in [0.15, 0.2) is 49.2 Å². The summed E-state index contributed by atoms with van der Waals surface area (Å²) in [7, 11) is 0. The molecule has 2 aliphatic rings. The Bertz CT molecular complexity index is 1380. The Labute approximate surface area is 214 Å². The van der Waals surface area contributed by atoms with Crippen molar-refractivity contribution in [2.75, 3.05) is 24.6 Å². The lowest BCUT2D eigenvalue weighted by Gasteiger charge is -2.33. The van der Waals surface area contributed by atoms with E-state index in [1.54, 1.807) is 50.1 Å². The van der Waals surface area contributed by atoms with Crippen LogP contribution in [-0.4, -0.2) is 62.3 Å². The number of carbonyl (C=O) groups is 2. The number of ether oxygens (including phenoxy) is 2. The Morgan fingerprint density at radius 3 is 2.81 bits per heavy atom. The average Bonchev–Trinajstić information content (AvgIpc) is 3.32. The number of aliphatic hydroxyl groups is 1. The van der Waals surface area contributed by atoms with Crippen LogP contribution >= 0.6 is 0 Å². The van der Waals surface area contributed by atoms with Gasteiger partial charge >= 0.3 is 6.09 Å². The molecule has 2 aromatic heterocycles. The van der Waals surface area contributed by atoms with E-state index < -0.39 is 17.9 Å². The molecule has 1 aromatic carbocycles. The molecule has 1 unspecified atom stereocenters. The monoisotopic (exact) mass is 503 g/mol. The van der Waals surface area contributed by atoms with E-state index in [0.29, 0.717) is 60.3 Å². The van der Waals surface area contributed by atoms with E-state index in [1.807, 2.05) is 12.1 Å². The molecule has 37 heavy (non-hydrogen) atoms. The summed E-state index contributed by atoms with van der Waals surface area (Å²) in [5.41, 5.74) is 3.48. The first kappa shape index (κ1) is 24.5. The smallest absolute Gasteiger partial charge is 0.412 e. The highest BCUT2D eigenvalue weighted by Crippen LogP contribution is 2.36. The quantitative estimate of drug-likeness (QED) is 0.521. The van der Waals surface area contributed by atoms with Crippen LogP contribution in [0.25, 0.3) is 22.8 Å². The van der Waals surface area contributed by atoms with Gasteiger partial charge in [0.15, 0.2) is 12.1 Å². The van der Waals surface area contributed by atoms with Gasteiger partial charge in [-0.15, -0.1) is 0 Å². The number of hydrogen-bond donors (Lipinski definition) is 2. The van der Waals surface area contributed by atoms with Crippen molar-refractivity contribution in [3.8, 4) is 28.5 Å². The Kier molecular flexibility index (Phi) is 6.20. The summed E-state index contributed by atoms with van der Waals surface area (Å²) in [6.45, 7) is 10.1. The van der Waals surface area contributed by atoms with Gasteiger partial charge in [0.05, 0.1) is 23.6 Å². The average molecular weight is 504 g/mol. The van der Waals surface area contributed by atoms with Gasteiger partial charge in [0.25, 0.3) is 5.91 Å². The molecule has 4 heterocycles. The normalized spacial score (nSPS) is 16.9. The second kappa shape index (κ2) is 9.36. The second-order valence-corrected chi connectivity index (χ2v) is 9.90. The minimum Gasteiger partial charge on any atom is -0.490 e. The number of rotatable bonds is 3. The molecular weight excluding hydrogens is 474 g/mol. The van der Waals surface area contributed by atoms with Crippen molar-refractivity contribution in [2.24, 2.45) is 0 Å². The number of anilines is 1. The van der Waals surface area contributed by atoms with Crippen molar-refractivity contribution in [2.45, 2.75) is 39.0 Å². The fourth-order valence-corrected chi connectivity index (χ4v) is 4.47. The maximum Gasteiger partial charge on any atom is 0.412 e. The van der Waals surface area contributed by atoms with Crippen molar-refractivity contribution in [1.29, 1.82) is 0 Å². The molecular formula is C27H29N5O5. The molecule has 0 aliphatic carbocycles. The van der Waals surface area contributed by atoms with Gasteiger partial charge in [-0.1, -0.05) is 6.58 Å². The molecule has 0 saturated carbocycles. The fourth-order valence-electron chi connectivity index (χ4n) is 4.47. The third-order valence-corrected chi connectivity index (χ3v) is 6.19. The Morgan fingerprint density at radius 2 is 2.05 bits per heavy atom. The number of nitrogens with zero attached hydrogens (tertiary/aromatic N) is 4. The summed E-state index contributed by atoms with van der Waals surface area (Å²) in [4.78, 5) is 40.3. The van der Waals surface area contributed by atoms with Crippen LogP contribution in [0.3, 0.4) is 0 Å². The van der Waals surface area contributed by atoms with E-state index in [1.165, 1.54) is 11.0 Å². The summed E-state index contributed by atoms with van der Waals surface area (Å²) in [5.74, 6) is 0.884. The van der Waals surface area contributed by atoms with Gasteiger partial charge in [0.2, 0.25) is 0 Å². The third kappa shape index (κ3) is 4.79. The van der Waals surface area contributed by atoms with E-state index in [4.69, 9.17) is 14.5 Å². The van der Waals surface area contributed by atoms with Gasteiger partial charge in [0, 0.05) is 36.0 Å². The molecule has 0 saturated heterocycles. The zero-order valence-electron chi connectivity index (χ0n) is 21.0. The van der Waals surface area contributed by atoms with Crippen molar-refractivity contribution in [3.05, 3.63) is 60.4 Å². The Morgan fingerprint density at radius 1 is 1.24 bits per heavy atom. The lowest BCUT2D eigenvalue weighted by atomic mass is 10.1. The van der Waals surface area contributed by atoms with Gasteiger partial charge in [-0.2, -0.15) is 0 Å². The largest absolute Gasteiger partial charge is 0.490 e. The summed E-state index contributed by atoms with van der Waals surface area (Å²) in [6, 6.07) is 9.05. The Balaban J connectivity index is 1.43. The van der Waals surface area contributed by atoms with Gasteiger partial charge in [-0.05, 0) is 57.2 Å². The molecule has 0 radical (unpaired) electrons. The van der Waals surface area contributed by atoms with Crippen LogP contribution in [-0.2, 0) is 16.0 Å². The van der Waals surface area contributed by atoms with Crippen LogP contribution in [0.1, 0.15) is 38.3 Å². The highest BCUT2D eigenvalue weighted by atomic mass is 16.6. The first-order valence-electron chi connectivity index (χ1n) is 12.1. The first-order valence-corrected chi connectivity index (χ1v) is 12.1. The van der Waals surface area contributed by atoms with Crippen molar-refractivity contribution in [1.82, 2.24) is 19.9 Å². The molecule has 0 fully saturated rings.